The molecule has 0 atom stereocenters. The van der Waals surface area contributed by atoms with Crippen molar-refractivity contribution in [2.75, 3.05) is 32.4 Å². The minimum absolute atomic E-state index is 0.00426. The fourth-order valence-corrected chi connectivity index (χ4v) is 5.61. The van der Waals surface area contributed by atoms with E-state index >= 15 is 0 Å². The van der Waals surface area contributed by atoms with E-state index in [-0.39, 0.29) is 5.91 Å². The van der Waals surface area contributed by atoms with Crippen molar-refractivity contribution in [1.29, 1.82) is 0 Å². The second kappa shape index (κ2) is 7.09. The first-order chi connectivity index (χ1) is 11.4. The summed E-state index contributed by atoms with van der Waals surface area (Å²) < 4.78 is 24.9. The van der Waals surface area contributed by atoms with Gasteiger partial charge in [-0.25, -0.2) is 17.7 Å². The lowest BCUT2D eigenvalue weighted by atomic mass is 10.1. The van der Waals surface area contributed by atoms with Crippen molar-refractivity contribution in [3.05, 3.63) is 15.6 Å². The van der Waals surface area contributed by atoms with Crippen LogP contribution in [0.1, 0.15) is 58.4 Å². The fourth-order valence-electron chi connectivity index (χ4n) is 3.54. The molecular formula is C16H25N3O3S2. The normalized spacial score (nSPS) is 21.2. The van der Waals surface area contributed by atoms with Crippen molar-refractivity contribution in [2.45, 2.75) is 44.9 Å². The van der Waals surface area contributed by atoms with Crippen molar-refractivity contribution in [3.8, 4) is 0 Å². The van der Waals surface area contributed by atoms with Crippen LogP contribution in [0.2, 0.25) is 0 Å². The molecule has 1 aliphatic carbocycles. The molecule has 2 aliphatic rings. The fraction of sp³-hybridized carbons (Fsp3) is 0.750. The summed E-state index contributed by atoms with van der Waals surface area (Å²) in [6, 6.07) is 0. The maximum absolute atomic E-state index is 12.9. The lowest BCUT2D eigenvalue weighted by Crippen LogP contribution is -2.36. The average Bonchev–Trinajstić information content (AvgIpc) is 3.09. The molecular weight excluding hydrogens is 346 g/mol. The van der Waals surface area contributed by atoms with Gasteiger partial charge in [0.1, 0.15) is 4.88 Å². The van der Waals surface area contributed by atoms with Gasteiger partial charge in [-0.05, 0) is 26.2 Å². The Balaban J connectivity index is 1.72. The van der Waals surface area contributed by atoms with E-state index in [1.807, 2.05) is 6.92 Å². The number of aromatic nitrogens is 1. The summed E-state index contributed by atoms with van der Waals surface area (Å²) >= 11 is 1.54. The summed E-state index contributed by atoms with van der Waals surface area (Å²) in [5.74, 6) is 0.518. The predicted molar refractivity (Wildman–Crippen MR) is 95.0 cm³/mol. The first-order valence-corrected chi connectivity index (χ1v) is 11.2. The first kappa shape index (κ1) is 17.8. The van der Waals surface area contributed by atoms with Crippen LogP contribution in [0.25, 0.3) is 0 Å². The van der Waals surface area contributed by atoms with E-state index in [0.717, 1.165) is 15.6 Å². The smallest absolute Gasteiger partial charge is 0.265 e. The van der Waals surface area contributed by atoms with E-state index in [2.05, 4.69) is 4.98 Å². The Bertz CT molecular complexity index is 708. The van der Waals surface area contributed by atoms with Crippen LogP contribution in [0.4, 0.5) is 0 Å². The number of aryl methyl sites for hydroxylation is 1. The highest BCUT2D eigenvalue weighted by molar-refractivity contribution is 7.88. The third-order valence-electron chi connectivity index (χ3n) is 4.92. The van der Waals surface area contributed by atoms with E-state index in [1.165, 1.54) is 47.6 Å². The molecule has 24 heavy (non-hydrogen) atoms. The molecule has 1 aromatic rings. The summed E-state index contributed by atoms with van der Waals surface area (Å²) in [6.07, 6.45) is 6.75. The third kappa shape index (κ3) is 3.81. The van der Waals surface area contributed by atoms with Gasteiger partial charge in [-0.1, -0.05) is 12.8 Å². The SMILES string of the molecule is Cc1nc(C2CCCC2)sc1C(=O)N1CCCN(S(C)(=O)=O)CC1. The maximum atomic E-state index is 12.9. The molecule has 1 saturated heterocycles. The number of sulfonamides is 1. The first-order valence-electron chi connectivity index (χ1n) is 8.58. The highest BCUT2D eigenvalue weighted by atomic mass is 32.2. The van der Waals surface area contributed by atoms with E-state index < -0.39 is 10.0 Å². The van der Waals surface area contributed by atoms with Crippen LogP contribution >= 0.6 is 11.3 Å². The number of nitrogens with zero attached hydrogens (tertiary/aromatic N) is 3. The lowest BCUT2D eigenvalue weighted by molar-refractivity contribution is 0.0768. The minimum Gasteiger partial charge on any atom is -0.337 e. The van der Waals surface area contributed by atoms with Gasteiger partial charge in [0, 0.05) is 32.1 Å². The third-order valence-corrected chi connectivity index (χ3v) is 7.53. The van der Waals surface area contributed by atoms with E-state index in [0.29, 0.717) is 38.5 Å². The number of carbonyl (C=O) groups excluding carboxylic acids is 1. The molecule has 0 spiro atoms. The van der Waals surface area contributed by atoms with Crippen molar-refractivity contribution in [1.82, 2.24) is 14.2 Å². The Morgan fingerprint density at radius 1 is 1.12 bits per heavy atom. The molecule has 3 rings (SSSR count). The Labute approximate surface area is 147 Å². The average molecular weight is 372 g/mol. The summed E-state index contributed by atoms with van der Waals surface area (Å²) in [5, 5.41) is 1.10. The Morgan fingerprint density at radius 2 is 1.83 bits per heavy atom. The standard InChI is InChI=1S/C16H25N3O3S2/c1-12-14(23-15(17-12)13-6-3-4-7-13)16(20)18-8-5-9-19(11-10-18)24(2,21)22/h13H,3-11H2,1-2H3. The number of rotatable bonds is 3. The molecule has 0 aromatic carbocycles. The molecule has 8 heteroatoms. The van der Waals surface area contributed by atoms with Crippen LogP contribution in [0.5, 0.6) is 0 Å². The van der Waals surface area contributed by atoms with E-state index in [9.17, 15) is 13.2 Å². The summed E-state index contributed by atoms with van der Waals surface area (Å²) in [4.78, 5) is 20.0. The second-order valence-corrected chi connectivity index (χ2v) is 9.77. The number of hydrogen-bond acceptors (Lipinski definition) is 5. The summed E-state index contributed by atoms with van der Waals surface area (Å²) in [5.41, 5.74) is 0.816. The summed E-state index contributed by atoms with van der Waals surface area (Å²) in [6.45, 7) is 3.81. The molecule has 1 amide bonds. The van der Waals surface area contributed by atoms with E-state index in [4.69, 9.17) is 0 Å². The van der Waals surface area contributed by atoms with Gasteiger partial charge in [0.25, 0.3) is 5.91 Å². The molecule has 0 bridgehead atoms. The largest absolute Gasteiger partial charge is 0.337 e. The lowest BCUT2D eigenvalue weighted by Gasteiger charge is -2.20. The van der Waals surface area contributed by atoms with E-state index in [1.54, 1.807) is 4.90 Å². The zero-order chi connectivity index (χ0) is 17.3. The zero-order valence-electron chi connectivity index (χ0n) is 14.3. The van der Waals surface area contributed by atoms with Gasteiger partial charge < -0.3 is 4.90 Å². The van der Waals surface area contributed by atoms with Crippen LogP contribution in [0.15, 0.2) is 0 Å². The minimum atomic E-state index is -3.19. The molecule has 2 heterocycles. The van der Waals surface area contributed by atoms with Gasteiger partial charge in [-0.2, -0.15) is 0 Å². The van der Waals surface area contributed by atoms with Crippen LogP contribution in [-0.4, -0.2) is 60.9 Å². The van der Waals surface area contributed by atoms with Gasteiger partial charge >= 0.3 is 0 Å². The number of thiazole rings is 1. The molecule has 1 aromatic heterocycles. The van der Waals surface area contributed by atoms with Gasteiger partial charge in [0.2, 0.25) is 10.0 Å². The van der Waals surface area contributed by atoms with Crippen LogP contribution in [-0.2, 0) is 10.0 Å². The predicted octanol–water partition coefficient (Wildman–Crippen LogP) is 2.22. The number of amides is 1. The van der Waals surface area contributed by atoms with Gasteiger partial charge in [0.15, 0.2) is 0 Å². The monoisotopic (exact) mass is 371 g/mol. The van der Waals surface area contributed by atoms with Crippen LogP contribution in [0, 0.1) is 6.92 Å². The zero-order valence-corrected chi connectivity index (χ0v) is 16.0. The molecule has 0 N–H and O–H groups in total. The second-order valence-electron chi connectivity index (χ2n) is 6.76. The molecule has 0 unspecified atom stereocenters. The number of carbonyl (C=O) groups is 1. The molecule has 1 saturated carbocycles. The number of hydrogen-bond donors (Lipinski definition) is 0. The molecule has 134 valence electrons. The highest BCUT2D eigenvalue weighted by Crippen LogP contribution is 2.37. The Kier molecular flexibility index (Phi) is 5.27. The molecule has 6 nitrogen and oxygen atoms in total. The van der Waals surface area contributed by atoms with Gasteiger partial charge in [0.05, 0.1) is 17.0 Å². The molecule has 0 radical (unpaired) electrons. The van der Waals surface area contributed by atoms with Crippen molar-refractivity contribution >= 4 is 27.3 Å². The summed E-state index contributed by atoms with van der Waals surface area (Å²) in [7, 11) is -3.19. The van der Waals surface area contributed by atoms with Crippen molar-refractivity contribution in [3.63, 3.8) is 0 Å². The van der Waals surface area contributed by atoms with Crippen LogP contribution < -0.4 is 0 Å². The maximum Gasteiger partial charge on any atom is 0.265 e. The quantitative estimate of drug-likeness (QED) is 0.817. The molecule has 2 fully saturated rings. The van der Waals surface area contributed by atoms with Crippen LogP contribution in [0.3, 0.4) is 0 Å². The van der Waals surface area contributed by atoms with Crippen molar-refractivity contribution < 1.29 is 13.2 Å². The highest BCUT2D eigenvalue weighted by Gasteiger charge is 2.28. The molecule has 1 aliphatic heterocycles. The van der Waals surface area contributed by atoms with Gasteiger partial charge in [-0.3, -0.25) is 4.79 Å². The Hall–Kier alpha value is -0.990. The van der Waals surface area contributed by atoms with Gasteiger partial charge in [-0.15, -0.1) is 11.3 Å². The Morgan fingerprint density at radius 3 is 2.50 bits per heavy atom. The van der Waals surface area contributed by atoms with Crippen molar-refractivity contribution in [2.24, 2.45) is 0 Å². The topological polar surface area (TPSA) is 70.6 Å².